The summed E-state index contributed by atoms with van der Waals surface area (Å²) in [6.07, 6.45) is 7.58. The quantitative estimate of drug-likeness (QED) is 0.706. The van der Waals surface area contributed by atoms with Crippen molar-refractivity contribution in [3.05, 3.63) is 36.4 Å². The highest BCUT2D eigenvalue weighted by Crippen LogP contribution is 2.17. The third kappa shape index (κ3) is 6.12. The Morgan fingerprint density at radius 2 is 1.83 bits per heavy atom. The van der Waals surface area contributed by atoms with Crippen LogP contribution in [-0.2, 0) is 9.53 Å². The maximum Gasteiger partial charge on any atom is 0.319 e. The second-order valence-electron chi connectivity index (χ2n) is 5.54. The van der Waals surface area contributed by atoms with Gasteiger partial charge < -0.3 is 20.7 Å². The zero-order valence-corrected chi connectivity index (χ0v) is 13.3. The Morgan fingerprint density at radius 1 is 1.13 bits per heavy atom. The molecule has 0 bridgehead atoms. The first-order chi connectivity index (χ1) is 11.2. The molecule has 6 nitrogen and oxygen atoms in total. The van der Waals surface area contributed by atoms with Gasteiger partial charge in [0.1, 0.15) is 6.61 Å². The Hall–Kier alpha value is -2.34. The van der Waals surface area contributed by atoms with E-state index in [1.54, 1.807) is 24.3 Å². The van der Waals surface area contributed by atoms with Crippen LogP contribution in [0.5, 0.6) is 0 Å². The van der Waals surface area contributed by atoms with Crippen LogP contribution in [0.3, 0.4) is 0 Å². The minimum absolute atomic E-state index is 0.0127. The fourth-order valence-corrected chi connectivity index (χ4v) is 2.42. The van der Waals surface area contributed by atoms with E-state index < -0.39 is 0 Å². The number of hydrogen-bond acceptors (Lipinski definition) is 3. The van der Waals surface area contributed by atoms with E-state index in [0.717, 1.165) is 19.3 Å². The Balaban J connectivity index is 1.75. The van der Waals surface area contributed by atoms with Crippen LogP contribution in [0.25, 0.3) is 0 Å². The number of carbonyl (C=O) groups excluding carboxylic acids is 2. The van der Waals surface area contributed by atoms with Crippen molar-refractivity contribution < 1.29 is 14.3 Å². The molecule has 3 amide bonds. The molecule has 1 aliphatic carbocycles. The van der Waals surface area contributed by atoms with Gasteiger partial charge >= 0.3 is 6.03 Å². The predicted molar refractivity (Wildman–Crippen MR) is 90.5 cm³/mol. The van der Waals surface area contributed by atoms with Gasteiger partial charge in [0.25, 0.3) is 0 Å². The predicted octanol–water partition coefficient (Wildman–Crippen LogP) is 2.75. The zero-order valence-electron chi connectivity index (χ0n) is 13.3. The maximum atomic E-state index is 11.9. The number of urea groups is 1. The Morgan fingerprint density at radius 3 is 2.43 bits per heavy atom. The van der Waals surface area contributed by atoms with Crippen LogP contribution < -0.4 is 16.0 Å². The fraction of sp³-hybridized carbons (Fsp3) is 0.412. The second-order valence-corrected chi connectivity index (χ2v) is 5.54. The van der Waals surface area contributed by atoms with Gasteiger partial charge in [-0.3, -0.25) is 4.79 Å². The Kier molecular flexibility index (Phi) is 6.62. The molecular formula is C17H23N3O3. The standard InChI is InChI=1S/C17H23N3O3/c1-23-12-16(21)19-14-7-9-15(10-8-14)20-17(22)18-11-13-5-3-2-4-6-13/h2-3,7-10,13H,4-6,11-12H2,1H3,(H,19,21)(H2,18,20,22). The van der Waals surface area contributed by atoms with E-state index in [2.05, 4.69) is 28.1 Å². The highest BCUT2D eigenvalue weighted by Gasteiger charge is 2.11. The van der Waals surface area contributed by atoms with Crippen LogP contribution in [0.2, 0.25) is 0 Å². The second kappa shape index (κ2) is 8.95. The molecule has 1 aromatic carbocycles. The monoisotopic (exact) mass is 317 g/mol. The van der Waals surface area contributed by atoms with Crippen molar-refractivity contribution in [3.8, 4) is 0 Å². The van der Waals surface area contributed by atoms with Gasteiger partial charge in [0.05, 0.1) is 0 Å². The molecule has 2 rings (SSSR count). The molecule has 0 aliphatic heterocycles. The normalized spacial score (nSPS) is 16.7. The number of amides is 3. The zero-order chi connectivity index (χ0) is 16.5. The first kappa shape index (κ1) is 17.0. The van der Waals surface area contributed by atoms with Crippen LogP contribution in [0.15, 0.2) is 36.4 Å². The highest BCUT2D eigenvalue weighted by atomic mass is 16.5. The lowest BCUT2D eigenvalue weighted by molar-refractivity contribution is -0.119. The number of benzene rings is 1. The molecule has 1 unspecified atom stereocenters. The molecule has 3 N–H and O–H groups in total. The van der Waals surface area contributed by atoms with E-state index in [9.17, 15) is 9.59 Å². The molecule has 0 spiro atoms. The molecule has 0 radical (unpaired) electrons. The number of nitrogens with one attached hydrogen (secondary N) is 3. The number of methoxy groups -OCH3 is 1. The Labute approximate surface area is 136 Å². The molecule has 1 aromatic rings. The van der Waals surface area contributed by atoms with E-state index in [-0.39, 0.29) is 18.5 Å². The molecular weight excluding hydrogens is 294 g/mol. The molecule has 0 saturated heterocycles. The topological polar surface area (TPSA) is 79.5 Å². The number of carbonyl (C=O) groups is 2. The van der Waals surface area contributed by atoms with Gasteiger partial charge in [-0.1, -0.05) is 12.2 Å². The lowest BCUT2D eigenvalue weighted by Crippen LogP contribution is -2.33. The third-order valence-corrected chi connectivity index (χ3v) is 3.63. The molecule has 6 heteroatoms. The van der Waals surface area contributed by atoms with Crippen molar-refractivity contribution in [2.24, 2.45) is 5.92 Å². The van der Waals surface area contributed by atoms with Crippen molar-refractivity contribution in [2.75, 3.05) is 30.9 Å². The van der Waals surface area contributed by atoms with Crippen LogP contribution in [0.4, 0.5) is 16.2 Å². The smallest absolute Gasteiger partial charge is 0.319 e. The van der Waals surface area contributed by atoms with Crippen molar-refractivity contribution in [1.29, 1.82) is 0 Å². The molecule has 0 heterocycles. The summed E-state index contributed by atoms with van der Waals surface area (Å²) in [6.45, 7) is 0.695. The SMILES string of the molecule is COCC(=O)Nc1ccc(NC(=O)NCC2CC=CCC2)cc1. The lowest BCUT2D eigenvalue weighted by Gasteiger charge is -2.18. The summed E-state index contributed by atoms with van der Waals surface area (Å²) in [5.41, 5.74) is 1.34. The van der Waals surface area contributed by atoms with Crippen LogP contribution in [-0.4, -0.2) is 32.2 Å². The molecule has 0 aromatic heterocycles. The average molecular weight is 317 g/mol. The van der Waals surface area contributed by atoms with E-state index in [4.69, 9.17) is 4.74 Å². The van der Waals surface area contributed by atoms with Crippen molar-refractivity contribution in [1.82, 2.24) is 5.32 Å². The fourth-order valence-electron chi connectivity index (χ4n) is 2.42. The Bertz CT molecular complexity index is 555. The lowest BCUT2D eigenvalue weighted by atomic mass is 9.94. The van der Waals surface area contributed by atoms with Gasteiger partial charge in [-0.2, -0.15) is 0 Å². The van der Waals surface area contributed by atoms with E-state index in [1.165, 1.54) is 7.11 Å². The molecule has 0 saturated carbocycles. The summed E-state index contributed by atoms with van der Waals surface area (Å²) in [5, 5.41) is 8.37. The summed E-state index contributed by atoms with van der Waals surface area (Å²) in [4.78, 5) is 23.3. The van der Waals surface area contributed by atoms with Gasteiger partial charge in [-0.15, -0.1) is 0 Å². The third-order valence-electron chi connectivity index (χ3n) is 3.63. The van der Waals surface area contributed by atoms with Gasteiger partial charge in [0.15, 0.2) is 0 Å². The first-order valence-corrected chi connectivity index (χ1v) is 7.76. The maximum absolute atomic E-state index is 11.9. The van der Waals surface area contributed by atoms with Gasteiger partial charge in [-0.05, 0) is 49.4 Å². The van der Waals surface area contributed by atoms with Gasteiger partial charge in [-0.25, -0.2) is 4.79 Å². The molecule has 1 aliphatic rings. The van der Waals surface area contributed by atoms with Gasteiger partial charge in [0, 0.05) is 25.0 Å². The van der Waals surface area contributed by atoms with Crippen molar-refractivity contribution >= 4 is 23.3 Å². The molecule has 1 atom stereocenters. The highest BCUT2D eigenvalue weighted by molar-refractivity contribution is 5.93. The average Bonchev–Trinajstić information content (AvgIpc) is 2.56. The number of rotatable bonds is 6. The molecule has 0 fully saturated rings. The van der Waals surface area contributed by atoms with Crippen LogP contribution in [0, 0.1) is 5.92 Å². The van der Waals surface area contributed by atoms with E-state index in [1.807, 2.05) is 0 Å². The van der Waals surface area contributed by atoms with E-state index >= 15 is 0 Å². The number of hydrogen-bond donors (Lipinski definition) is 3. The van der Waals surface area contributed by atoms with Crippen LogP contribution in [0.1, 0.15) is 19.3 Å². The largest absolute Gasteiger partial charge is 0.375 e. The van der Waals surface area contributed by atoms with Crippen molar-refractivity contribution in [2.45, 2.75) is 19.3 Å². The number of ether oxygens (including phenoxy) is 1. The summed E-state index contributed by atoms with van der Waals surface area (Å²) in [5.74, 6) is 0.302. The minimum atomic E-state index is -0.215. The molecule has 23 heavy (non-hydrogen) atoms. The minimum Gasteiger partial charge on any atom is -0.375 e. The first-order valence-electron chi connectivity index (χ1n) is 7.76. The summed E-state index contributed by atoms with van der Waals surface area (Å²) in [6, 6.07) is 6.73. The number of allylic oxidation sites excluding steroid dienone is 2. The van der Waals surface area contributed by atoms with E-state index in [0.29, 0.717) is 23.8 Å². The summed E-state index contributed by atoms with van der Waals surface area (Å²) >= 11 is 0. The van der Waals surface area contributed by atoms with Gasteiger partial charge in [0.2, 0.25) is 5.91 Å². The van der Waals surface area contributed by atoms with Crippen LogP contribution >= 0.6 is 0 Å². The number of anilines is 2. The molecule has 124 valence electrons. The van der Waals surface area contributed by atoms with Crippen molar-refractivity contribution in [3.63, 3.8) is 0 Å². The summed E-state index contributed by atoms with van der Waals surface area (Å²) < 4.78 is 4.75. The summed E-state index contributed by atoms with van der Waals surface area (Å²) in [7, 11) is 1.47.